The first-order valence-corrected chi connectivity index (χ1v) is 0. The number of rotatable bonds is 0. The van der Waals surface area contributed by atoms with Gasteiger partial charge in [-0.25, -0.2) is 0 Å². The van der Waals surface area contributed by atoms with Crippen molar-refractivity contribution in [2.75, 3.05) is 0 Å². The van der Waals surface area contributed by atoms with E-state index in [1.807, 2.05) is 0 Å². The van der Waals surface area contributed by atoms with Crippen molar-refractivity contribution in [3.05, 3.63) is 7.43 Å². The Morgan fingerprint density at radius 3 is 1.00 bits per heavy atom. The van der Waals surface area contributed by atoms with Crippen molar-refractivity contribution >= 4 is 0 Å². The summed E-state index contributed by atoms with van der Waals surface area (Å²) < 4.78 is 0. The standard InChI is InChI=1S/CH3.Ra.Rb.Y/h1H3;;;/q-1;;+1;. The van der Waals surface area contributed by atoms with Crippen molar-refractivity contribution in [3.63, 3.8) is 0 Å². The normalized spacial score (nSPS) is 0. The van der Waals surface area contributed by atoms with E-state index < -0.39 is 0 Å². The molecule has 0 fully saturated rings. The van der Waals surface area contributed by atoms with E-state index in [0.717, 1.165) is 0 Å². The Morgan fingerprint density at radius 2 is 1.00 bits per heavy atom. The molecule has 0 N–H and O–H groups in total. The average molecular weight is 415 g/mol. The molecule has 4 heavy (non-hydrogen) atoms. The van der Waals surface area contributed by atoms with Crippen LogP contribution in [0.4, 0.5) is 0 Å². The Bertz CT molecular complexity index is 8.00. The summed E-state index contributed by atoms with van der Waals surface area (Å²) in [5.74, 6) is 0. The maximum Gasteiger partial charge on any atom is 1.00 e. The molecular weight excluding hydrogens is 412 g/mol. The van der Waals surface area contributed by atoms with Gasteiger partial charge >= 0.3 is 58.2 Å². The van der Waals surface area contributed by atoms with Crippen LogP contribution in [0.2, 0.25) is 0 Å². The zero-order valence-electron chi connectivity index (χ0n) is 3.28. The second kappa shape index (κ2) is 15.7. The fraction of sp³-hybridized carbons (Fsp3) is 0. The van der Waals surface area contributed by atoms with Gasteiger partial charge in [-0.1, -0.05) is 0 Å². The Morgan fingerprint density at radius 1 is 1.00 bits per heavy atom. The van der Waals surface area contributed by atoms with Gasteiger partial charge in [0.2, 0.25) is 0 Å². The fourth-order valence-electron chi connectivity index (χ4n) is 0. The van der Waals surface area contributed by atoms with Gasteiger partial charge in [0.1, 0.15) is 0 Å². The van der Waals surface area contributed by atoms with E-state index in [9.17, 15) is 0 Å². The zero-order valence-corrected chi connectivity index (χ0v) is 16.9. The van der Waals surface area contributed by atoms with Gasteiger partial charge in [0.05, 0.1) is 0 Å². The van der Waals surface area contributed by atoms with Crippen LogP contribution in [0, 0.1) is 52.4 Å². The zero-order chi connectivity index (χ0) is 0. The fourth-order valence-corrected chi connectivity index (χ4v) is 0. The monoisotopic (exact) mass is 415 g/mol. The molecule has 0 unspecified atom stereocenters. The van der Waals surface area contributed by atoms with Crippen molar-refractivity contribution < 1.29 is 136 Å². The van der Waals surface area contributed by atoms with E-state index >= 15 is 0 Å². The van der Waals surface area contributed by atoms with Crippen LogP contribution >= 0.6 is 0 Å². The molecule has 0 atom stereocenters. The van der Waals surface area contributed by atoms with Gasteiger partial charge in [0.25, 0.3) is 0 Å². The van der Waals surface area contributed by atoms with Crippen LogP contribution in [-0.4, -0.2) is 0 Å². The molecule has 0 rings (SSSR count). The van der Waals surface area contributed by atoms with Crippen molar-refractivity contribution in [2.24, 2.45) is 0 Å². The second-order valence-corrected chi connectivity index (χ2v) is 0. The van der Waals surface area contributed by atoms with Gasteiger partial charge < -0.3 is 7.43 Å². The van der Waals surface area contributed by atoms with Crippen LogP contribution in [0.15, 0.2) is 0 Å². The molecule has 0 saturated carbocycles. The van der Waals surface area contributed by atoms with Gasteiger partial charge in [-0.3, -0.25) is 0 Å². The summed E-state index contributed by atoms with van der Waals surface area (Å²) in [4.78, 5) is 0. The molecule has 0 bridgehead atoms. The van der Waals surface area contributed by atoms with Crippen molar-refractivity contribution in [1.82, 2.24) is 0 Å². The largest absolute Gasteiger partial charge is 1.00 e. The smallest absolute Gasteiger partial charge is 0.358 e. The van der Waals surface area contributed by atoms with Crippen molar-refractivity contribution in [3.8, 4) is 0 Å². The Kier molecular flexibility index (Phi) is 93.2. The molecule has 3 radical (unpaired) electrons. The molecule has 13 valence electrons. The topological polar surface area (TPSA) is 0 Å². The summed E-state index contributed by atoms with van der Waals surface area (Å²) in [6, 6.07) is 0. The third-order valence-corrected chi connectivity index (χ3v) is 0. The molecule has 0 aromatic heterocycles. The third-order valence-electron chi connectivity index (χ3n) is 0. The van der Waals surface area contributed by atoms with E-state index in [-0.39, 0.29) is 143 Å². The quantitative estimate of drug-likeness (QED) is 0.383. The van der Waals surface area contributed by atoms with Gasteiger partial charge in [-0.05, 0) is 0 Å². The molecule has 0 aliphatic heterocycles. The minimum atomic E-state index is 0. The second-order valence-electron chi connectivity index (χ2n) is 0. The van der Waals surface area contributed by atoms with Crippen LogP contribution in [0.25, 0.3) is 0 Å². The SMILES string of the molecule is [CH3-].[Ra].[Rb+].[Y]. The first-order valence-electron chi connectivity index (χ1n) is 0. The van der Waals surface area contributed by atoms with Crippen LogP contribution in [0.5, 0.6) is 0 Å². The van der Waals surface area contributed by atoms with E-state index in [1.54, 1.807) is 0 Å². The molecular formula is CH3RaRbY. The summed E-state index contributed by atoms with van der Waals surface area (Å²) in [7, 11) is 0. The molecule has 3 heteroatoms. The predicted octanol–water partition coefficient (Wildman–Crippen LogP) is -2.55. The van der Waals surface area contributed by atoms with Crippen LogP contribution in [0.3, 0.4) is 0 Å². The molecule has 0 saturated heterocycles. The first-order chi connectivity index (χ1) is 0. The maximum absolute atomic E-state index is 0. The van der Waals surface area contributed by atoms with Gasteiger partial charge in [-0.2, -0.15) is 0 Å². The molecule has 0 amide bonds. The Labute approximate surface area is 138 Å². The maximum atomic E-state index is 0. The summed E-state index contributed by atoms with van der Waals surface area (Å²) in [5.41, 5.74) is 0. The minimum absolute atomic E-state index is 0. The summed E-state index contributed by atoms with van der Waals surface area (Å²) in [6.07, 6.45) is 0. The first kappa shape index (κ1) is 23.8. The van der Waals surface area contributed by atoms with E-state index in [1.165, 1.54) is 0 Å². The van der Waals surface area contributed by atoms with Crippen molar-refractivity contribution in [2.45, 2.75) is 0 Å². The molecule has 0 nitrogen and oxygen atoms in total. The van der Waals surface area contributed by atoms with Crippen LogP contribution in [0.1, 0.15) is 0 Å². The number of hydrogen-bond donors (Lipinski definition) is 0. The summed E-state index contributed by atoms with van der Waals surface area (Å²) in [6.45, 7) is 0. The van der Waals surface area contributed by atoms with Gasteiger partial charge in [0.15, 0.2) is 0 Å². The van der Waals surface area contributed by atoms with Gasteiger partial charge in [-0.15, -0.1) is 0 Å². The Hall–Kier alpha value is 4.38. The van der Waals surface area contributed by atoms with E-state index in [2.05, 4.69) is 0 Å². The molecule has 0 spiro atoms. The van der Waals surface area contributed by atoms with Crippen LogP contribution < -0.4 is 58.2 Å². The van der Waals surface area contributed by atoms with E-state index in [0.29, 0.717) is 0 Å². The molecule has 0 aliphatic carbocycles. The molecule has 0 aromatic carbocycles. The van der Waals surface area contributed by atoms with Crippen molar-refractivity contribution in [1.29, 1.82) is 0 Å². The predicted molar refractivity (Wildman–Crippen MR) is 6.41 cm³/mol. The molecule has 0 aliphatic rings. The summed E-state index contributed by atoms with van der Waals surface area (Å²) in [5, 5.41) is 0. The van der Waals surface area contributed by atoms with Crippen LogP contribution in [-0.2, 0) is 32.7 Å². The molecule has 0 heterocycles. The van der Waals surface area contributed by atoms with Gasteiger partial charge in [0, 0.05) is 77.7 Å². The third kappa shape index (κ3) is 9.62. The number of hydrogen-bond acceptors (Lipinski definition) is 0. The average Bonchev–Trinajstić information content (AvgIpc) is 0. The molecule has 0 aromatic rings. The van der Waals surface area contributed by atoms with E-state index in [4.69, 9.17) is 0 Å². The minimum Gasteiger partial charge on any atom is -0.358 e. The Balaban J connectivity index is 0. The summed E-state index contributed by atoms with van der Waals surface area (Å²) >= 11 is 0.